The van der Waals surface area contributed by atoms with Gasteiger partial charge in [-0.25, -0.2) is 22.0 Å². The molecule has 0 saturated carbocycles. The Labute approximate surface area is 113 Å². The van der Waals surface area contributed by atoms with Crippen LogP contribution in [0.25, 0.3) is 0 Å². The highest BCUT2D eigenvalue weighted by atomic mass is 19.2. The van der Waals surface area contributed by atoms with E-state index in [1.54, 1.807) is 0 Å². The smallest absolute Gasteiger partial charge is 0.200 e. The first-order valence-corrected chi connectivity index (χ1v) is 5.88. The molecular weight excluding hydrogens is 274 g/mol. The van der Waals surface area contributed by atoms with Crippen molar-refractivity contribution in [3.05, 3.63) is 58.4 Å². The summed E-state index contributed by atoms with van der Waals surface area (Å²) in [5.41, 5.74) is -0.554. The maximum atomic E-state index is 13.7. The average molecular weight is 284 g/mol. The summed E-state index contributed by atoms with van der Waals surface area (Å²) in [5.74, 6) is -5.09. The first-order valence-electron chi connectivity index (χ1n) is 5.88. The van der Waals surface area contributed by atoms with E-state index in [1.165, 1.54) is 13.8 Å². The molecule has 20 heavy (non-hydrogen) atoms. The van der Waals surface area contributed by atoms with Crippen LogP contribution in [0, 0.1) is 42.9 Å². The second kappa shape index (κ2) is 5.27. The Morgan fingerprint density at radius 3 is 2.10 bits per heavy atom. The van der Waals surface area contributed by atoms with Gasteiger partial charge in [-0.2, -0.15) is 0 Å². The Kier molecular flexibility index (Phi) is 3.83. The molecule has 0 aliphatic rings. The molecule has 2 aromatic carbocycles. The lowest BCUT2D eigenvalue weighted by Gasteiger charge is -2.10. The van der Waals surface area contributed by atoms with Gasteiger partial charge in [0.1, 0.15) is 17.5 Å². The van der Waals surface area contributed by atoms with Gasteiger partial charge in [-0.1, -0.05) is 5.46 Å². The van der Waals surface area contributed by atoms with E-state index in [-0.39, 0.29) is 16.6 Å². The third-order valence-electron chi connectivity index (χ3n) is 3.22. The monoisotopic (exact) mass is 284 g/mol. The molecule has 0 spiro atoms. The van der Waals surface area contributed by atoms with Gasteiger partial charge in [0.05, 0.1) is 0 Å². The zero-order valence-electron chi connectivity index (χ0n) is 10.8. The molecule has 0 heterocycles. The summed E-state index contributed by atoms with van der Waals surface area (Å²) in [6.07, 6.45) is 0. The molecule has 0 aromatic heterocycles. The summed E-state index contributed by atoms with van der Waals surface area (Å²) in [7, 11) is -0.421. The lowest BCUT2D eigenvalue weighted by molar-refractivity contribution is 0.497. The van der Waals surface area contributed by atoms with Crippen molar-refractivity contribution in [2.24, 2.45) is 0 Å². The highest BCUT2D eigenvalue weighted by Gasteiger charge is 2.19. The first kappa shape index (κ1) is 14.6. The minimum atomic E-state index is -1.33. The lowest BCUT2D eigenvalue weighted by atomic mass is 9.62. The van der Waals surface area contributed by atoms with E-state index >= 15 is 0 Å². The summed E-state index contributed by atoms with van der Waals surface area (Å²) in [5, 5.41) is 0. The SMILES string of the molecule is Cc1cc(F)c(Bc2cc(F)cc(F)c2C)c(F)c1F. The molecule has 0 unspecified atom stereocenters. The molecule has 0 bridgehead atoms. The van der Waals surface area contributed by atoms with Gasteiger partial charge in [0.25, 0.3) is 0 Å². The van der Waals surface area contributed by atoms with Crippen molar-refractivity contribution in [3.63, 3.8) is 0 Å². The van der Waals surface area contributed by atoms with Crippen LogP contribution in [-0.2, 0) is 0 Å². The van der Waals surface area contributed by atoms with Crippen LogP contribution in [0.15, 0.2) is 18.2 Å². The third-order valence-corrected chi connectivity index (χ3v) is 3.22. The summed E-state index contributed by atoms with van der Waals surface area (Å²) in [6.45, 7) is 2.60. The maximum Gasteiger partial charge on any atom is 0.200 e. The fraction of sp³-hybridized carbons (Fsp3) is 0.143. The van der Waals surface area contributed by atoms with Crippen molar-refractivity contribution in [1.82, 2.24) is 0 Å². The molecule has 0 aliphatic heterocycles. The van der Waals surface area contributed by atoms with Crippen LogP contribution in [0.5, 0.6) is 0 Å². The molecule has 0 nitrogen and oxygen atoms in total. The topological polar surface area (TPSA) is 0 Å². The standard InChI is InChI=1S/C14H10BF5/c1-6-3-11(18)12(14(20)13(6)19)15-9-4-8(16)5-10(17)7(9)2/h3-5,15H,1-2H3. The third kappa shape index (κ3) is 2.55. The fourth-order valence-electron chi connectivity index (χ4n) is 1.99. The van der Waals surface area contributed by atoms with E-state index in [9.17, 15) is 22.0 Å². The first-order chi connectivity index (χ1) is 9.31. The Morgan fingerprint density at radius 1 is 0.800 bits per heavy atom. The summed E-state index contributed by atoms with van der Waals surface area (Å²) < 4.78 is 67.4. The van der Waals surface area contributed by atoms with Crippen molar-refractivity contribution in [1.29, 1.82) is 0 Å². The normalized spacial score (nSPS) is 10.8. The highest BCUT2D eigenvalue weighted by Crippen LogP contribution is 2.12. The van der Waals surface area contributed by atoms with Gasteiger partial charge in [0.2, 0.25) is 7.28 Å². The lowest BCUT2D eigenvalue weighted by Crippen LogP contribution is -2.35. The van der Waals surface area contributed by atoms with Crippen LogP contribution < -0.4 is 10.9 Å². The van der Waals surface area contributed by atoms with Crippen molar-refractivity contribution in [2.45, 2.75) is 13.8 Å². The van der Waals surface area contributed by atoms with Crippen LogP contribution in [0.3, 0.4) is 0 Å². The Bertz CT molecular complexity index is 682. The second-order valence-corrected chi connectivity index (χ2v) is 4.63. The van der Waals surface area contributed by atoms with Crippen LogP contribution in [0.2, 0.25) is 0 Å². The Balaban J connectivity index is 2.54. The number of aryl methyl sites for hydroxylation is 1. The number of halogens is 5. The molecular formula is C14H10BF5. The molecule has 0 radical (unpaired) electrons. The van der Waals surface area contributed by atoms with Crippen LogP contribution in [-0.4, -0.2) is 7.28 Å². The minimum absolute atomic E-state index is 0.0727. The maximum absolute atomic E-state index is 13.7. The molecule has 0 atom stereocenters. The molecule has 6 heteroatoms. The van der Waals surface area contributed by atoms with E-state index in [0.29, 0.717) is 6.07 Å². The van der Waals surface area contributed by atoms with Crippen LogP contribution in [0.4, 0.5) is 22.0 Å². The molecule has 0 amide bonds. The summed E-state index contributed by atoms with van der Waals surface area (Å²) in [6, 6.07) is 2.52. The van der Waals surface area contributed by atoms with E-state index in [0.717, 1.165) is 12.1 Å². The molecule has 104 valence electrons. The zero-order valence-corrected chi connectivity index (χ0v) is 10.8. The average Bonchev–Trinajstić information content (AvgIpc) is 2.37. The molecule has 0 aliphatic carbocycles. The molecule has 0 saturated heterocycles. The highest BCUT2D eigenvalue weighted by molar-refractivity contribution is 6.67. The van der Waals surface area contributed by atoms with E-state index in [4.69, 9.17) is 0 Å². The van der Waals surface area contributed by atoms with Crippen molar-refractivity contribution < 1.29 is 22.0 Å². The van der Waals surface area contributed by atoms with Crippen LogP contribution in [0.1, 0.15) is 11.1 Å². The molecule has 0 N–H and O–H groups in total. The number of hydrogen-bond acceptors (Lipinski definition) is 0. The Hall–Kier alpha value is -1.85. The van der Waals surface area contributed by atoms with Gasteiger partial charge in [0, 0.05) is 6.07 Å². The van der Waals surface area contributed by atoms with Crippen LogP contribution >= 0.6 is 0 Å². The number of hydrogen-bond donors (Lipinski definition) is 0. The predicted molar refractivity (Wildman–Crippen MR) is 68.6 cm³/mol. The van der Waals surface area contributed by atoms with E-state index in [2.05, 4.69) is 0 Å². The minimum Gasteiger partial charge on any atom is -0.207 e. The van der Waals surface area contributed by atoms with E-state index in [1.807, 2.05) is 0 Å². The van der Waals surface area contributed by atoms with Crippen molar-refractivity contribution in [2.75, 3.05) is 0 Å². The van der Waals surface area contributed by atoms with Crippen molar-refractivity contribution >= 4 is 18.2 Å². The molecule has 2 rings (SSSR count). The molecule has 0 fully saturated rings. The van der Waals surface area contributed by atoms with Gasteiger partial charge in [-0.05, 0) is 42.6 Å². The van der Waals surface area contributed by atoms with Gasteiger partial charge in [0.15, 0.2) is 11.6 Å². The Morgan fingerprint density at radius 2 is 1.45 bits per heavy atom. The van der Waals surface area contributed by atoms with Gasteiger partial charge in [-0.3, -0.25) is 0 Å². The van der Waals surface area contributed by atoms with Gasteiger partial charge < -0.3 is 0 Å². The zero-order chi connectivity index (χ0) is 15.0. The predicted octanol–water partition coefficient (Wildman–Crippen LogP) is 2.39. The van der Waals surface area contributed by atoms with Gasteiger partial charge >= 0.3 is 0 Å². The van der Waals surface area contributed by atoms with Crippen molar-refractivity contribution in [3.8, 4) is 0 Å². The van der Waals surface area contributed by atoms with E-state index < -0.39 is 41.8 Å². The van der Waals surface area contributed by atoms with Gasteiger partial charge in [-0.15, -0.1) is 0 Å². The fourth-order valence-corrected chi connectivity index (χ4v) is 1.99. The molecule has 2 aromatic rings. The second-order valence-electron chi connectivity index (χ2n) is 4.63. The largest absolute Gasteiger partial charge is 0.207 e. The number of benzene rings is 2. The quantitative estimate of drug-likeness (QED) is 0.451. The summed E-state index contributed by atoms with van der Waals surface area (Å²) >= 11 is 0. The number of rotatable bonds is 2. The summed E-state index contributed by atoms with van der Waals surface area (Å²) in [4.78, 5) is 0.